The van der Waals surface area contributed by atoms with E-state index < -0.39 is 0 Å². The summed E-state index contributed by atoms with van der Waals surface area (Å²) in [6.45, 7) is 1.69. The molecule has 2 N–H and O–H groups in total. The Labute approximate surface area is 137 Å². The van der Waals surface area contributed by atoms with E-state index in [-0.39, 0.29) is 6.04 Å². The molecule has 2 unspecified atom stereocenters. The van der Waals surface area contributed by atoms with Crippen LogP contribution in [0.5, 0.6) is 0 Å². The van der Waals surface area contributed by atoms with E-state index in [9.17, 15) is 0 Å². The van der Waals surface area contributed by atoms with Crippen LogP contribution < -0.4 is 5.73 Å². The highest BCUT2D eigenvalue weighted by Crippen LogP contribution is 2.41. The second-order valence-corrected chi connectivity index (χ2v) is 7.19. The summed E-state index contributed by atoms with van der Waals surface area (Å²) in [6.07, 6.45) is 8.07. The van der Waals surface area contributed by atoms with E-state index in [2.05, 4.69) is 4.90 Å². The third-order valence-corrected chi connectivity index (χ3v) is 5.90. The maximum Gasteiger partial charge on any atom is 0.0503 e. The summed E-state index contributed by atoms with van der Waals surface area (Å²) in [5, 5.41) is 1.49. The molecule has 2 aliphatic rings. The highest BCUT2D eigenvalue weighted by molar-refractivity contribution is 6.36. The van der Waals surface area contributed by atoms with Crippen LogP contribution >= 0.6 is 23.2 Å². The van der Waals surface area contributed by atoms with Gasteiger partial charge in [0, 0.05) is 28.2 Å². The highest BCUT2D eigenvalue weighted by atomic mass is 35.5. The average molecular weight is 327 g/mol. The van der Waals surface area contributed by atoms with Crippen LogP contribution in [-0.2, 0) is 0 Å². The fraction of sp³-hybridized carbons (Fsp3) is 0.647. The van der Waals surface area contributed by atoms with Crippen molar-refractivity contribution in [3.63, 3.8) is 0 Å². The van der Waals surface area contributed by atoms with Gasteiger partial charge in [-0.05, 0) is 50.3 Å². The molecule has 1 heterocycles. The Bertz CT molecular complexity index is 465. The highest BCUT2D eigenvalue weighted by Gasteiger charge is 2.37. The molecule has 0 bridgehead atoms. The normalized spacial score (nSPS) is 25.6. The molecule has 116 valence electrons. The van der Waals surface area contributed by atoms with Gasteiger partial charge in [0.1, 0.15) is 0 Å². The largest absolute Gasteiger partial charge is 0.329 e. The summed E-state index contributed by atoms with van der Waals surface area (Å²) >= 11 is 12.8. The van der Waals surface area contributed by atoms with Crippen LogP contribution in [0.3, 0.4) is 0 Å². The Morgan fingerprint density at radius 1 is 1.10 bits per heavy atom. The minimum absolute atomic E-state index is 0.152. The molecular weight excluding hydrogens is 303 g/mol. The molecule has 1 aliphatic carbocycles. The van der Waals surface area contributed by atoms with Gasteiger partial charge >= 0.3 is 0 Å². The first-order chi connectivity index (χ1) is 10.2. The molecule has 0 radical (unpaired) electrons. The van der Waals surface area contributed by atoms with Gasteiger partial charge in [-0.25, -0.2) is 0 Å². The van der Waals surface area contributed by atoms with Crippen molar-refractivity contribution >= 4 is 23.2 Å². The molecule has 0 spiro atoms. The van der Waals surface area contributed by atoms with E-state index >= 15 is 0 Å². The second-order valence-electron chi connectivity index (χ2n) is 6.38. The lowest BCUT2D eigenvalue weighted by molar-refractivity contribution is 0.138. The Hall–Kier alpha value is -0.280. The molecule has 1 aromatic carbocycles. The van der Waals surface area contributed by atoms with Gasteiger partial charge in [0.2, 0.25) is 0 Å². The van der Waals surface area contributed by atoms with Crippen molar-refractivity contribution in [3.05, 3.63) is 33.8 Å². The molecule has 21 heavy (non-hydrogen) atoms. The lowest BCUT2D eigenvalue weighted by Gasteiger charge is -2.36. The molecule has 2 fully saturated rings. The third kappa shape index (κ3) is 3.10. The van der Waals surface area contributed by atoms with Gasteiger partial charge in [0.25, 0.3) is 0 Å². The fourth-order valence-corrected chi connectivity index (χ4v) is 4.95. The van der Waals surface area contributed by atoms with E-state index in [0.29, 0.717) is 12.6 Å². The maximum atomic E-state index is 6.42. The van der Waals surface area contributed by atoms with Crippen LogP contribution in [0, 0.1) is 5.92 Å². The molecule has 1 saturated heterocycles. The summed E-state index contributed by atoms with van der Waals surface area (Å²) in [5.41, 5.74) is 7.15. The number of halogens is 2. The zero-order valence-electron chi connectivity index (χ0n) is 12.4. The number of nitrogens with two attached hydrogens (primary N) is 1. The van der Waals surface area contributed by atoms with Gasteiger partial charge in [-0.1, -0.05) is 42.1 Å². The molecule has 2 nitrogen and oxygen atoms in total. The van der Waals surface area contributed by atoms with Crippen molar-refractivity contribution in [2.45, 2.75) is 50.6 Å². The van der Waals surface area contributed by atoms with Gasteiger partial charge in [0.05, 0.1) is 6.04 Å². The smallest absolute Gasteiger partial charge is 0.0503 e. The van der Waals surface area contributed by atoms with Gasteiger partial charge in [-0.3, -0.25) is 4.90 Å². The van der Waals surface area contributed by atoms with Crippen molar-refractivity contribution in [2.24, 2.45) is 11.7 Å². The molecule has 0 aromatic heterocycles. The van der Waals surface area contributed by atoms with Crippen molar-refractivity contribution in [1.82, 2.24) is 4.90 Å². The van der Waals surface area contributed by atoms with Gasteiger partial charge < -0.3 is 5.73 Å². The molecule has 3 rings (SSSR count). The minimum atomic E-state index is 0.152. The monoisotopic (exact) mass is 326 g/mol. The molecule has 4 heteroatoms. The molecule has 0 amide bonds. The number of benzene rings is 1. The first-order valence-corrected chi connectivity index (χ1v) is 8.87. The quantitative estimate of drug-likeness (QED) is 0.872. The van der Waals surface area contributed by atoms with E-state index in [4.69, 9.17) is 28.9 Å². The predicted octanol–water partition coefficient (Wildman–Crippen LogP) is 4.65. The van der Waals surface area contributed by atoms with Crippen LogP contribution in [0.1, 0.15) is 50.1 Å². The minimum Gasteiger partial charge on any atom is -0.329 e. The summed E-state index contributed by atoms with van der Waals surface area (Å²) in [7, 11) is 0. The van der Waals surface area contributed by atoms with E-state index in [1.807, 2.05) is 18.2 Å². The van der Waals surface area contributed by atoms with Crippen molar-refractivity contribution in [3.8, 4) is 0 Å². The Morgan fingerprint density at radius 2 is 1.76 bits per heavy atom. The Balaban J connectivity index is 1.88. The van der Waals surface area contributed by atoms with Gasteiger partial charge in [-0.2, -0.15) is 0 Å². The standard InChI is InChI=1S/C17H24Cl2N2/c18-13-7-3-8-14(19)17(13)16(11-20)21-10-4-9-15(21)12-5-1-2-6-12/h3,7-8,12,15-16H,1-2,4-6,9-11,20H2. The SMILES string of the molecule is NCC(c1c(Cl)cccc1Cl)N1CCCC1C1CCCC1. The van der Waals surface area contributed by atoms with Crippen LogP contribution in [-0.4, -0.2) is 24.0 Å². The van der Waals surface area contributed by atoms with E-state index in [0.717, 1.165) is 28.1 Å². The maximum absolute atomic E-state index is 6.42. The first-order valence-electron chi connectivity index (χ1n) is 8.12. The lowest BCUT2D eigenvalue weighted by Crippen LogP contribution is -2.41. The third-order valence-electron chi connectivity index (χ3n) is 5.24. The molecular formula is C17H24Cl2N2. The summed E-state index contributed by atoms with van der Waals surface area (Å²) < 4.78 is 0. The zero-order valence-corrected chi connectivity index (χ0v) is 13.9. The van der Waals surface area contributed by atoms with Crippen LogP contribution in [0.15, 0.2) is 18.2 Å². The van der Waals surface area contributed by atoms with Crippen LogP contribution in [0.2, 0.25) is 10.0 Å². The lowest BCUT2D eigenvalue weighted by atomic mass is 9.94. The Morgan fingerprint density at radius 3 is 2.38 bits per heavy atom. The summed E-state index contributed by atoms with van der Waals surface area (Å²) in [5.74, 6) is 0.836. The molecule has 1 saturated carbocycles. The van der Waals surface area contributed by atoms with Crippen molar-refractivity contribution in [2.75, 3.05) is 13.1 Å². The number of hydrogen-bond donors (Lipinski definition) is 1. The van der Waals surface area contributed by atoms with Crippen molar-refractivity contribution in [1.29, 1.82) is 0 Å². The van der Waals surface area contributed by atoms with Crippen LogP contribution in [0.4, 0.5) is 0 Å². The average Bonchev–Trinajstić information content (AvgIpc) is 3.13. The van der Waals surface area contributed by atoms with Crippen LogP contribution in [0.25, 0.3) is 0 Å². The van der Waals surface area contributed by atoms with Crippen molar-refractivity contribution < 1.29 is 0 Å². The topological polar surface area (TPSA) is 29.3 Å². The summed E-state index contributed by atoms with van der Waals surface area (Å²) in [6, 6.07) is 6.56. The zero-order chi connectivity index (χ0) is 14.8. The number of rotatable bonds is 4. The molecule has 1 aliphatic heterocycles. The van der Waals surface area contributed by atoms with Gasteiger partial charge in [-0.15, -0.1) is 0 Å². The first kappa shape index (κ1) is 15.6. The van der Waals surface area contributed by atoms with E-state index in [1.54, 1.807) is 0 Å². The Kier molecular flexibility index (Phi) is 5.11. The fourth-order valence-electron chi connectivity index (χ4n) is 4.30. The molecule has 2 atom stereocenters. The summed E-state index contributed by atoms with van der Waals surface area (Å²) in [4.78, 5) is 2.59. The number of nitrogens with zero attached hydrogens (tertiary/aromatic N) is 1. The predicted molar refractivity (Wildman–Crippen MR) is 89.9 cm³/mol. The number of hydrogen-bond acceptors (Lipinski definition) is 2. The van der Waals surface area contributed by atoms with Gasteiger partial charge in [0.15, 0.2) is 0 Å². The number of likely N-dealkylation sites (tertiary alicyclic amines) is 1. The van der Waals surface area contributed by atoms with E-state index in [1.165, 1.54) is 38.5 Å². The molecule has 1 aromatic rings. The second kappa shape index (κ2) is 6.87.